The molecule has 1 heterocycles. The maximum Gasteiger partial charge on any atom is 0.261 e. The minimum absolute atomic E-state index is 0.0760. The van der Waals surface area contributed by atoms with Crippen molar-refractivity contribution >= 4 is 45.2 Å². The van der Waals surface area contributed by atoms with Crippen molar-refractivity contribution < 1.29 is 18.0 Å². The zero-order valence-electron chi connectivity index (χ0n) is 17.3. The summed E-state index contributed by atoms with van der Waals surface area (Å²) in [5.41, 5.74) is 0.964. The predicted molar refractivity (Wildman–Crippen MR) is 121 cm³/mol. The number of hydrogen-bond donors (Lipinski definition) is 1. The van der Waals surface area contributed by atoms with Gasteiger partial charge in [-0.3, -0.25) is 14.3 Å². The second kappa shape index (κ2) is 9.53. The van der Waals surface area contributed by atoms with Crippen LogP contribution in [0.4, 0.5) is 5.69 Å². The van der Waals surface area contributed by atoms with Gasteiger partial charge in [-0.25, -0.2) is 8.42 Å². The normalized spacial score (nSPS) is 16.5. The first-order valence-corrected chi connectivity index (χ1v) is 11.6. The number of likely N-dealkylation sites (tertiary alicyclic amines) is 1. The number of amides is 2. The van der Waals surface area contributed by atoms with Crippen molar-refractivity contribution in [2.45, 2.75) is 23.8 Å². The molecule has 1 aliphatic rings. The summed E-state index contributed by atoms with van der Waals surface area (Å²) >= 11 is 6.02. The molecule has 1 saturated heterocycles. The van der Waals surface area contributed by atoms with E-state index in [4.69, 9.17) is 11.6 Å². The maximum absolute atomic E-state index is 12.6. The molecule has 1 unspecified atom stereocenters. The highest BCUT2D eigenvalue weighted by atomic mass is 35.5. The van der Waals surface area contributed by atoms with Crippen LogP contribution in [0.15, 0.2) is 59.5 Å². The Bertz CT molecular complexity index is 1100. The van der Waals surface area contributed by atoms with Crippen molar-refractivity contribution in [1.82, 2.24) is 9.80 Å². The molecule has 0 saturated carbocycles. The van der Waals surface area contributed by atoms with Crippen molar-refractivity contribution in [3.05, 3.63) is 65.2 Å². The van der Waals surface area contributed by atoms with Gasteiger partial charge in [0, 0.05) is 26.7 Å². The molecule has 7 nitrogen and oxygen atoms in total. The second-order valence-corrected chi connectivity index (χ2v) is 9.50. The van der Waals surface area contributed by atoms with Gasteiger partial charge in [0.15, 0.2) is 0 Å². The molecule has 1 atom stereocenters. The Balaban J connectivity index is 1.69. The molecule has 1 N–H and O–H groups in total. The van der Waals surface area contributed by atoms with Crippen LogP contribution in [0.1, 0.15) is 18.4 Å². The van der Waals surface area contributed by atoms with Crippen LogP contribution in [-0.4, -0.2) is 56.7 Å². The first-order valence-electron chi connectivity index (χ1n) is 9.76. The Morgan fingerprint density at radius 3 is 2.45 bits per heavy atom. The second-order valence-electron chi connectivity index (χ2n) is 7.41. The molecule has 164 valence electrons. The molecule has 0 aromatic heterocycles. The minimum atomic E-state index is -3.80. The van der Waals surface area contributed by atoms with Crippen molar-refractivity contribution in [1.29, 1.82) is 0 Å². The molecule has 0 bridgehead atoms. The predicted octanol–water partition coefficient (Wildman–Crippen LogP) is 3.23. The summed E-state index contributed by atoms with van der Waals surface area (Å²) in [7, 11) is -0.446. The summed E-state index contributed by atoms with van der Waals surface area (Å²) in [4.78, 5) is 28.0. The highest BCUT2D eigenvalue weighted by Gasteiger charge is 2.33. The van der Waals surface area contributed by atoms with Crippen LogP contribution in [0.25, 0.3) is 6.08 Å². The fourth-order valence-corrected chi connectivity index (χ4v) is 4.67. The third-order valence-corrected chi connectivity index (χ3v) is 6.70. The quantitative estimate of drug-likeness (QED) is 0.669. The number of nitrogens with zero attached hydrogens (tertiary/aromatic N) is 2. The third-order valence-electron chi connectivity index (χ3n) is 4.99. The van der Waals surface area contributed by atoms with Gasteiger partial charge in [-0.05, 0) is 48.7 Å². The van der Waals surface area contributed by atoms with Crippen molar-refractivity contribution in [2.24, 2.45) is 0 Å². The van der Waals surface area contributed by atoms with Gasteiger partial charge in [-0.1, -0.05) is 35.9 Å². The monoisotopic (exact) mass is 461 g/mol. The number of anilines is 1. The van der Waals surface area contributed by atoms with Crippen molar-refractivity contribution in [3.63, 3.8) is 0 Å². The smallest absolute Gasteiger partial charge is 0.261 e. The fraction of sp³-hybridized carbons (Fsp3) is 0.273. The third kappa shape index (κ3) is 5.45. The number of rotatable bonds is 6. The van der Waals surface area contributed by atoms with Crippen molar-refractivity contribution in [3.8, 4) is 0 Å². The first kappa shape index (κ1) is 22.8. The van der Waals surface area contributed by atoms with E-state index in [-0.39, 0.29) is 16.7 Å². The van der Waals surface area contributed by atoms with Gasteiger partial charge in [0.1, 0.15) is 6.04 Å². The van der Waals surface area contributed by atoms with E-state index in [1.54, 1.807) is 61.5 Å². The topological polar surface area (TPSA) is 86.8 Å². The standard InChI is InChI=1S/C22H24ClN3O4S/c1-25(2)22(28)20-8-5-15-26(20)21(27)14-11-16-9-12-17(13-10-16)31(29,30)24-19-7-4-3-6-18(19)23/h3-4,6-7,9-14,20,24H,5,8,15H2,1-2H3. The lowest BCUT2D eigenvalue weighted by Gasteiger charge is -2.25. The molecule has 2 aromatic rings. The highest BCUT2D eigenvalue weighted by molar-refractivity contribution is 7.92. The molecule has 0 spiro atoms. The van der Waals surface area contributed by atoms with E-state index in [2.05, 4.69) is 4.72 Å². The van der Waals surface area contributed by atoms with E-state index in [9.17, 15) is 18.0 Å². The Morgan fingerprint density at radius 2 is 1.81 bits per heavy atom. The van der Waals surface area contributed by atoms with Gasteiger partial charge in [0.25, 0.3) is 10.0 Å². The molecule has 9 heteroatoms. The number of carbonyl (C=O) groups excluding carboxylic acids is 2. The average Bonchev–Trinajstić information content (AvgIpc) is 3.23. The zero-order valence-corrected chi connectivity index (χ0v) is 18.9. The van der Waals surface area contributed by atoms with E-state index < -0.39 is 16.1 Å². The molecular weight excluding hydrogens is 438 g/mol. The molecule has 1 aliphatic heterocycles. The van der Waals surface area contributed by atoms with Crippen LogP contribution in [0.2, 0.25) is 5.02 Å². The average molecular weight is 462 g/mol. The van der Waals surface area contributed by atoms with E-state index >= 15 is 0 Å². The lowest BCUT2D eigenvalue weighted by Crippen LogP contribution is -2.44. The summed E-state index contributed by atoms with van der Waals surface area (Å²) < 4.78 is 27.6. The Kier molecular flexibility index (Phi) is 7.02. The Morgan fingerprint density at radius 1 is 1.13 bits per heavy atom. The van der Waals surface area contributed by atoms with Crippen LogP contribution in [0.5, 0.6) is 0 Å². The lowest BCUT2D eigenvalue weighted by atomic mass is 10.2. The summed E-state index contributed by atoms with van der Waals surface area (Å²) in [5, 5.41) is 0.303. The van der Waals surface area contributed by atoms with Crippen molar-refractivity contribution in [2.75, 3.05) is 25.4 Å². The highest BCUT2D eigenvalue weighted by Crippen LogP contribution is 2.24. The number of para-hydroxylation sites is 1. The van der Waals surface area contributed by atoms with Crippen LogP contribution in [-0.2, 0) is 19.6 Å². The lowest BCUT2D eigenvalue weighted by molar-refractivity contribution is -0.139. The van der Waals surface area contributed by atoms with Gasteiger partial charge in [0.2, 0.25) is 11.8 Å². The summed E-state index contributed by atoms with van der Waals surface area (Å²) in [5.74, 6) is -0.324. The summed E-state index contributed by atoms with van der Waals surface area (Å²) in [6.45, 7) is 0.540. The number of benzene rings is 2. The largest absolute Gasteiger partial charge is 0.347 e. The van der Waals surface area contributed by atoms with E-state index in [0.717, 1.165) is 6.42 Å². The number of likely N-dealkylation sites (N-methyl/N-ethyl adjacent to an activating group) is 1. The van der Waals surface area contributed by atoms with E-state index in [0.29, 0.717) is 29.2 Å². The molecule has 2 amide bonds. The van der Waals surface area contributed by atoms with Gasteiger partial charge >= 0.3 is 0 Å². The van der Waals surface area contributed by atoms with Crippen LogP contribution in [0.3, 0.4) is 0 Å². The number of hydrogen-bond acceptors (Lipinski definition) is 4. The number of sulfonamides is 1. The Hall–Kier alpha value is -2.84. The van der Waals surface area contributed by atoms with E-state index in [1.165, 1.54) is 23.1 Å². The molecule has 31 heavy (non-hydrogen) atoms. The maximum atomic E-state index is 12.6. The van der Waals surface area contributed by atoms with Gasteiger partial charge in [0.05, 0.1) is 15.6 Å². The fourth-order valence-electron chi connectivity index (χ4n) is 3.35. The SMILES string of the molecule is CN(C)C(=O)C1CCCN1C(=O)C=Cc1ccc(S(=O)(=O)Nc2ccccc2Cl)cc1. The van der Waals surface area contributed by atoms with Gasteiger partial charge < -0.3 is 9.80 Å². The summed E-state index contributed by atoms with van der Waals surface area (Å²) in [6.07, 6.45) is 4.46. The van der Waals surface area contributed by atoms with Gasteiger partial charge in [-0.15, -0.1) is 0 Å². The number of halogens is 1. The minimum Gasteiger partial charge on any atom is -0.347 e. The number of carbonyl (C=O) groups is 2. The zero-order chi connectivity index (χ0) is 22.6. The Labute approximate surface area is 187 Å². The van der Waals surface area contributed by atoms with Crippen LogP contribution >= 0.6 is 11.6 Å². The summed E-state index contributed by atoms with van der Waals surface area (Å²) in [6, 6.07) is 12.3. The molecule has 2 aromatic carbocycles. The number of nitrogens with one attached hydrogen (secondary N) is 1. The molecule has 0 aliphatic carbocycles. The molecule has 0 radical (unpaired) electrons. The van der Waals surface area contributed by atoms with Gasteiger partial charge in [-0.2, -0.15) is 0 Å². The first-order chi connectivity index (χ1) is 14.7. The van der Waals surface area contributed by atoms with Crippen LogP contribution in [0, 0.1) is 0 Å². The molecule has 1 fully saturated rings. The van der Waals surface area contributed by atoms with E-state index in [1.807, 2.05) is 0 Å². The molecular formula is C22H24ClN3O4S. The molecule has 3 rings (SSSR count). The van der Waals surface area contributed by atoms with Crippen LogP contribution < -0.4 is 4.72 Å².